The van der Waals surface area contributed by atoms with E-state index in [4.69, 9.17) is 0 Å². The van der Waals surface area contributed by atoms with Gasteiger partial charge >= 0.3 is 0 Å². The lowest BCUT2D eigenvalue weighted by molar-refractivity contribution is 0.597. The fourth-order valence-electron chi connectivity index (χ4n) is 1.90. The predicted molar refractivity (Wildman–Crippen MR) is 65.7 cm³/mol. The summed E-state index contributed by atoms with van der Waals surface area (Å²) in [5.74, 6) is -0.943. The van der Waals surface area contributed by atoms with E-state index in [-0.39, 0.29) is 10.0 Å². The largest absolute Gasteiger partial charge is 0.272 e. The summed E-state index contributed by atoms with van der Waals surface area (Å²) >= 11 is 3.01. The fraction of sp³-hybridized carbons (Fsp3) is 0.250. The van der Waals surface area contributed by atoms with E-state index in [9.17, 15) is 8.78 Å². The van der Waals surface area contributed by atoms with Crippen molar-refractivity contribution >= 4 is 15.9 Å². The summed E-state index contributed by atoms with van der Waals surface area (Å²) in [6.07, 6.45) is 0. The Bertz CT molecular complexity index is 591. The number of aryl methyl sites for hydroxylation is 2. The van der Waals surface area contributed by atoms with Crippen LogP contribution in [0.3, 0.4) is 0 Å². The van der Waals surface area contributed by atoms with Gasteiger partial charge in [0.05, 0.1) is 10.2 Å². The number of benzene rings is 1. The second kappa shape index (κ2) is 4.22. The Morgan fingerprint density at radius 1 is 1.24 bits per heavy atom. The number of hydrogen-bond donors (Lipinski definition) is 0. The Hall–Kier alpha value is -1.23. The molecule has 0 amide bonds. The topological polar surface area (TPSA) is 17.8 Å². The number of hydrogen-bond acceptors (Lipinski definition) is 1. The zero-order valence-corrected chi connectivity index (χ0v) is 11.3. The van der Waals surface area contributed by atoms with Crippen LogP contribution >= 0.6 is 15.9 Å². The lowest BCUT2D eigenvalue weighted by Crippen LogP contribution is -1.94. The van der Waals surface area contributed by atoms with Crippen molar-refractivity contribution in [3.05, 3.63) is 39.6 Å². The quantitative estimate of drug-likeness (QED) is 0.734. The van der Waals surface area contributed by atoms with Crippen LogP contribution in [0.5, 0.6) is 0 Å². The van der Waals surface area contributed by atoms with E-state index < -0.39 is 11.6 Å². The van der Waals surface area contributed by atoms with Crippen LogP contribution in [0.25, 0.3) is 11.1 Å². The summed E-state index contributed by atoms with van der Waals surface area (Å²) < 4.78 is 29.1. The van der Waals surface area contributed by atoms with E-state index in [1.165, 1.54) is 6.07 Å². The molecule has 1 heterocycles. The summed E-state index contributed by atoms with van der Waals surface area (Å²) in [7, 11) is 1.78. The van der Waals surface area contributed by atoms with Crippen LogP contribution in [0.4, 0.5) is 8.78 Å². The molecule has 0 saturated heterocycles. The van der Waals surface area contributed by atoms with Crippen LogP contribution in [0.15, 0.2) is 16.6 Å². The Labute approximate surface area is 106 Å². The first kappa shape index (κ1) is 12.2. The molecule has 0 aliphatic heterocycles. The van der Waals surface area contributed by atoms with Crippen molar-refractivity contribution in [2.24, 2.45) is 7.05 Å². The maximum Gasteiger partial charge on any atom is 0.145 e. The van der Waals surface area contributed by atoms with Crippen LogP contribution in [0.2, 0.25) is 0 Å². The first-order valence-electron chi connectivity index (χ1n) is 5.07. The van der Waals surface area contributed by atoms with Gasteiger partial charge in [0.1, 0.15) is 11.6 Å². The minimum absolute atomic E-state index is 0.121. The number of nitrogens with zero attached hydrogens (tertiary/aromatic N) is 2. The maximum atomic E-state index is 14.0. The van der Waals surface area contributed by atoms with E-state index in [2.05, 4.69) is 21.0 Å². The highest BCUT2D eigenvalue weighted by molar-refractivity contribution is 9.10. The molecular weight excluding hydrogens is 290 g/mol. The molecule has 0 spiro atoms. The molecule has 1 aromatic carbocycles. The molecule has 1 aromatic heterocycles. The highest BCUT2D eigenvalue weighted by Crippen LogP contribution is 2.33. The molecule has 2 aromatic rings. The van der Waals surface area contributed by atoms with Gasteiger partial charge in [0.2, 0.25) is 0 Å². The van der Waals surface area contributed by atoms with Gasteiger partial charge in [-0.2, -0.15) is 5.10 Å². The molecular formula is C12H11BrF2N2. The number of halogens is 3. The Morgan fingerprint density at radius 3 is 2.41 bits per heavy atom. The Balaban J connectivity index is 2.76. The van der Waals surface area contributed by atoms with Crippen LogP contribution in [0.1, 0.15) is 11.4 Å². The third kappa shape index (κ3) is 1.99. The average Bonchev–Trinajstić information content (AvgIpc) is 2.48. The molecule has 0 aliphatic carbocycles. The van der Waals surface area contributed by atoms with E-state index >= 15 is 0 Å². The zero-order chi connectivity index (χ0) is 12.7. The van der Waals surface area contributed by atoms with Gasteiger partial charge in [-0.3, -0.25) is 4.68 Å². The van der Waals surface area contributed by atoms with Gasteiger partial charge in [-0.25, -0.2) is 8.78 Å². The van der Waals surface area contributed by atoms with Crippen molar-refractivity contribution in [3.63, 3.8) is 0 Å². The van der Waals surface area contributed by atoms with Gasteiger partial charge in [0.15, 0.2) is 0 Å². The zero-order valence-electron chi connectivity index (χ0n) is 9.68. The van der Waals surface area contributed by atoms with Crippen molar-refractivity contribution in [2.75, 3.05) is 0 Å². The van der Waals surface area contributed by atoms with Gasteiger partial charge in [-0.05, 0) is 41.9 Å². The molecule has 5 heteroatoms. The third-order valence-corrected chi connectivity index (χ3v) is 3.35. The normalized spacial score (nSPS) is 10.9. The molecule has 17 heavy (non-hydrogen) atoms. The summed E-state index contributed by atoms with van der Waals surface area (Å²) in [4.78, 5) is 0. The third-order valence-electron chi connectivity index (χ3n) is 2.77. The van der Waals surface area contributed by atoms with Crippen molar-refractivity contribution in [1.82, 2.24) is 9.78 Å². The SMILES string of the molecule is Cc1nn(C)c(C)c1-c1cc(F)cc(Br)c1F. The molecule has 0 radical (unpaired) electrons. The fourth-order valence-corrected chi connectivity index (χ4v) is 2.33. The molecule has 2 nitrogen and oxygen atoms in total. The van der Waals surface area contributed by atoms with Crippen LogP contribution in [-0.4, -0.2) is 9.78 Å². The van der Waals surface area contributed by atoms with Gasteiger partial charge in [0, 0.05) is 23.9 Å². The number of rotatable bonds is 1. The van der Waals surface area contributed by atoms with E-state index in [1.807, 2.05) is 6.92 Å². The molecule has 0 saturated carbocycles. The van der Waals surface area contributed by atoms with E-state index in [0.717, 1.165) is 11.8 Å². The van der Waals surface area contributed by atoms with E-state index in [0.29, 0.717) is 11.3 Å². The summed E-state index contributed by atoms with van der Waals surface area (Å²) in [5, 5.41) is 4.20. The highest BCUT2D eigenvalue weighted by atomic mass is 79.9. The van der Waals surface area contributed by atoms with Crippen LogP contribution in [-0.2, 0) is 7.05 Å². The standard InChI is InChI=1S/C12H11BrF2N2/c1-6-11(7(2)17(3)16-6)9-4-8(14)5-10(13)12(9)15/h4-5H,1-3H3. The molecule has 0 unspecified atom stereocenters. The molecule has 0 fully saturated rings. The molecule has 2 rings (SSSR count). The van der Waals surface area contributed by atoms with Gasteiger partial charge < -0.3 is 0 Å². The second-order valence-corrected chi connectivity index (χ2v) is 4.77. The lowest BCUT2D eigenvalue weighted by Gasteiger charge is -2.06. The van der Waals surface area contributed by atoms with Crippen molar-refractivity contribution in [1.29, 1.82) is 0 Å². The maximum absolute atomic E-state index is 14.0. The van der Waals surface area contributed by atoms with Gasteiger partial charge in [-0.15, -0.1) is 0 Å². The first-order valence-corrected chi connectivity index (χ1v) is 5.86. The van der Waals surface area contributed by atoms with Crippen LogP contribution < -0.4 is 0 Å². The highest BCUT2D eigenvalue weighted by Gasteiger charge is 2.18. The summed E-state index contributed by atoms with van der Waals surface area (Å²) in [6.45, 7) is 3.61. The molecule has 0 bridgehead atoms. The van der Waals surface area contributed by atoms with Gasteiger partial charge in [0.25, 0.3) is 0 Å². The first-order chi connectivity index (χ1) is 7.91. The smallest absolute Gasteiger partial charge is 0.145 e. The Kier molecular flexibility index (Phi) is 3.03. The Morgan fingerprint density at radius 2 is 1.88 bits per heavy atom. The van der Waals surface area contributed by atoms with Crippen molar-refractivity contribution < 1.29 is 8.78 Å². The molecule has 90 valence electrons. The summed E-state index contributed by atoms with van der Waals surface area (Å²) in [5.41, 5.74) is 2.37. The molecule has 0 aliphatic rings. The van der Waals surface area contributed by atoms with E-state index in [1.54, 1.807) is 18.7 Å². The predicted octanol–water partition coefficient (Wildman–Crippen LogP) is 3.74. The monoisotopic (exact) mass is 300 g/mol. The van der Waals surface area contributed by atoms with Crippen molar-refractivity contribution in [2.45, 2.75) is 13.8 Å². The summed E-state index contributed by atoms with van der Waals surface area (Å²) in [6, 6.07) is 2.30. The molecule has 0 atom stereocenters. The minimum atomic E-state index is -0.476. The van der Waals surface area contributed by atoms with Gasteiger partial charge in [-0.1, -0.05) is 0 Å². The second-order valence-electron chi connectivity index (χ2n) is 3.92. The lowest BCUT2D eigenvalue weighted by atomic mass is 10.0. The molecule has 0 N–H and O–H groups in total. The number of aromatic nitrogens is 2. The minimum Gasteiger partial charge on any atom is -0.272 e. The van der Waals surface area contributed by atoms with Crippen molar-refractivity contribution in [3.8, 4) is 11.1 Å². The van der Waals surface area contributed by atoms with Crippen LogP contribution in [0, 0.1) is 25.5 Å². The average molecular weight is 301 g/mol.